The maximum atomic E-state index is 11.3. The van der Waals surface area contributed by atoms with Gasteiger partial charge in [0.25, 0.3) is 0 Å². The van der Waals surface area contributed by atoms with Gasteiger partial charge in [0.2, 0.25) is 0 Å². The molecule has 4 nitrogen and oxygen atoms in total. The molecule has 4 bridgehead atoms. The molecule has 4 heteroatoms. The van der Waals surface area contributed by atoms with Crippen LogP contribution in [0, 0.1) is 0 Å². The van der Waals surface area contributed by atoms with Gasteiger partial charge in [-0.25, -0.2) is 10.0 Å². The zero-order chi connectivity index (χ0) is 12.3. The third-order valence-corrected chi connectivity index (χ3v) is 5.44. The van der Waals surface area contributed by atoms with Crippen LogP contribution in [-0.4, -0.2) is 46.3 Å². The van der Waals surface area contributed by atoms with Crippen molar-refractivity contribution in [3.63, 3.8) is 0 Å². The van der Waals surface area contributed by atoms with E-state index < -0.39 is 0 Å². The molecule has 100 valence electrons. The van der Waals surface area contributed by atoms with Crippen LogP contribution in [0.1, 0.15) is 51.9 Å². The minimum absolute atomic E-state index is 0.112. The van der Waals surface area contributed by atoms with E-state index in [2.05, 4.69) is 10.0 Å². The molecule has 3 atom stereocenters. The fourth-order valence-corrected chi connectivity index (χ4v) is 4.86. The van der Waals surface area contributed by atoms with E-state index >= 15 is 0 Å². The van der Waals surface area contributed by atoms with Crippen LogP contribution in [0.2, 0.25) is 0 Å². The molecule has 0 N–H and O–H groups in total. The molecule has 18 heavy (non-hydrogen) atoms. The van der Waals surface area contributed by atoms with E-state index in [1.807, 2.05) is 0 Å². The second-order valence-electron chi connectivity index (χ2n) is 6.40. The Hall–Kier alpha value is -0.610. The highest BCUT2D eigenvalue weighted by Gasteiger charge is 2.55. The Balaban J connectivity index is 1.61. The number of hydrazine groups is 1. The van der Waals surface area contributed by atoms with Crippen molar-refractivity contribution < 1.29 is 9.53 Å². The molecule has 5 fully saturated rings. The zero-order valence-electron chi connectivity index (χ0n) is 11.0. The van der Waals surface area contributed by atoms with Crippen LogP contribution < -0.4 is 0 Å². The van der Waals surface area contributed by atoms with Gasteiger partial charge in [-0.1, -0.05) is 0 Å². The molecule has 0 spiro atoms. The molecule has 3 saturated heterocycles. The molecule has 0 aromatic heterocycles. The molecule has 0 radical (unpaired) electrons. The fourth-order valence-electron chi connectivity index (χ4n) is 4.86. The van der Waals surface area contributed by atoms with Gasteiger partial charge < -0.3 is 4.74 Å². The van der Waals surface area contributed by atoms with Gasteiger partial charge in [0.15, 0.2) is 0 Å². The zero-order valence-corrected chi connectivity index (χ0v) is 11.0. The summed E-state index contributed by atoms with van der Waals surface area (Å²) in [6, 6.07) is 2.71. The first-order valence-electron chi connectivity index (χ1n) is 7.48. The van der Waals surface area contributed by atoms with Crippen molar-refractivity contribution in [3.8, 4) is 0 Å². The molecule has 0 amide bonds. The van der Waals surface area contributed by atoms with Crippen molar-refractivity contribution >= 4 is 5.97 Å². The van der Waals surface area contributed by atoms with Crippen molar-refractivity contribution in [1.82, 2.24) is 10.0 Å². The van der Waals surface area contributed by atoms with Crippen LogP contribution in [0.15, 0.2) is 0 Å². The minimum atomic E-state index is -0.112. The van der Waals surface area contributed by atoms with Gasteiger partial charge in [-0.3, -0.25) is 4.79 Å². The highest BCUT2D eigenvalue weighted by atomic mass is 16.5. The predicted octanol–water partition coefficient (Wildman–Crippen LogP) is 1.70. The second kappa shape index (κ2) is 3.94. The normalized spacial score (nSPS) is 47.1. The quantitative estimate of drug-likeness (QED) is 0.663. The van der Waals surface area contributed by atoms with Gasteiger partial charge in [-0.15, -0.1) is 0 Å². The van der Waals surface area contributed by atoms with E-state index in [0.717, 1.165) is 24.5 Å². The van der Waals surface area contributed by atoms with Crippen molar-refractivity contribution in [2.24, 2.45) is 0 Å². The highest BCUT2D eigenvalue weighted by molar-refractivity contribution is 5.66. The Labute approximate surface area is 108 Å². The molecular weight excluding hydrogens is 228 g/mol. The van der Waals surface area contributed by atoms with E-state index in [-0.39, 0.29) is 12.1 Å². The van der Waals surface area contributed by atoms with Crippen LogP contribution in [-0.2, 0) is 9.53 Å². The maximum Gasteiger partial charge on any atom is 0.302 e. The lowest BCUT2D eigenvalue weighted by Crippen LogP contribution is -2.62. The smallest absolute Gasteiger partial charge is 0.302 e. The summed E-state index contributed by atoms with van der Waals surface area (Å²) in [4.78, 5) is 11.3. The fraction of sp³-hybridized carbons (Fsp3) is 0.929. The molecule has 3 aliphatic heterocycles. The van der Waals surface area contributed by atoms with E-state index in [1.54, 1.807) is 6.92 Å². The number of carbonyl (C=O) groups is 1. The molecular formula is C14H22N2O2. The Morgan fingerprint density at radius 2 is 1.56 bits per heavy atom. The van der Waals surface area contributed by atoms with Crippen LogP contribution in [0.25, 0.3) is 0 Å². The lowest BCUT2D eigenvalue weighted by Gasteiger charge is -2.53. The first kappa shape index (κ1) is 11.2. The summed E-state index contributed by atoms with van der Waals surface area (Å²) in [5.41, 5.74) is 0. The van der Waals surface area contributed by atoms with Gasteiger partial charge in [-0.2, -0.15) is 0 Å². The summed E-state index contributed by atoms with van der Waals surface area (Å²) in [6.45, 7) is 1.54. The molecule has 0 unspecified atom stereocenters. The molecule has 3 heterocycles. The van der Waals surface area contributed by atoms with Crippen LogP contribution >= 0.6 is 0 Å². The average molecular weight is 250 g/mol. The van der Waals surface area contributed by atoms with Crippen molar-refractivity contribution in [3.05, 3.63) is 0 Å². The molecule has 5 rings (SSSR count). The van der Waals surface area contributed by atoms with E-state index in [0.29, 0.717) is 6.04 Å². The van der Waals surface area contributed by atoms with E-state index in [4.69, 9.17) is 4.74 Å². The maximum absolute atomic E-state index is 11.3. The lowest BCUT2D eigenvalue weighted by molar-refractivity contribution is -0.173. The van der Waals surface area contributed by atoms with Crippen molar-refractivity contribution in [2.45, 2.75) is 82.1 Å². The topological polar surface area (TPSA) is 32.8 Å². The predicted molar refractivity (Wildman–Crippen MR) is 66.7 cm³/mol. The van der Waals surface area contributed by atoms with Gasteiger partial charge in [0, 0.05) is 25.0 Å². The summed E-state index contributed by atoms with van der Waals surface area (Å²) >= 11 is 0. The standard InChI is InChI=1S/C14H22N2O2/c1-9(17)18-14-7-6-12-8-13(14)16-11-4-2-10(3-5-11)15(12)16/h10-14H,2-8H2,1H3/t10?,11?,12-,13-,14-/m0/s1. The molecule has 0 aromatic rings. The number of esters is 1. The summed E-state index contributed by atoms with van der Waals surface area (Å²) in [5, 5.41) is 5.31. The van der Waals surface area contributed by atoms with Crippen LogP contribution in [0.3, 0.4) is 0 Å². The highest BCUT2D eigenvalue weighted by Crippen LogP contribution is 2.48. The average Bonchev–Trinajstić information content (AvgIpc) is 2.71. The summed E-state index contributed by atoms with van der Waals surface area (Å²) in [7, 11) is 0. The van der Waals surface area contributed by atoms with Gasteiger partial charge in [0.1, 0.15) is 6.10 Å². The van der Waals surface area contributed by atoms with Crippen LogP contribution in [0.4, 0.5) is 0 Å². The van der Waals surface area contributed by atoms with E-state index in [1.165, 1.54) is 38.5 Å². The number of fused-ring (bicyclic) bond motifs is 4. The van der Waals surface area contributed by atoms with Crippen LogP contribution in [0.5, 0.6) is 0 Å². The SMILES string of the molecule is CC(=O)O[C@H]1CC[C@H]2C[C@@H]1N1C3CCC(CC3)N21. The second-order valence-corrected chi connectivity index (χ2v) is 6.40. The number of hydrogen-bond acceptors (Lipinski definition) is 4. The lowest BCUT2D eigenvalue weighted by atomic mass is 9.87. The number of carbonyl (C=O) groups excluding carboxylic acids is 1. The summed E-state index contributed by atoms with van der Waals surface area (Å²) < 4.78 is 5.57. The summed E-state index contributed by atoms with van der Waals surface area (Å²) in [5.74, 6) is -0.112. The third-order valence-electron chi connectivity index (χ3n) is 5.44. The van der Waals surface area contributed by atoms with Crippen molar-refractivity contribution in [1.29, 1.82) is 0 Å². The first-order valence-corrected chi connectivity index (χ1v) is 7.48. The number of nitrogens with zero attached hydrogens (tertiary/aromatic N) is 2. The van der Waals surface area contributed by atoms with Gasteiger partial charge >= 0.3 is 5.97 Å². The largest absolute Gasteiger partial charge is 0.461 e. The Bertz CT molecular complexity index is 365. The Morgan fingerprint density at radius 3 is 2.22 bits per heavy atom. The monoisotopic (exact) mass is 250 g/mol. The molecule has 0 aromatic carbocycles. The number of hydrogen-bond donors (Lipinski definition) is 0. The van der Waals surface area contributed by atoms with Gasteiger partial charge in [-0.05, 0) is 44.9 Å². The first-order chi connectivity index (χ1) is 8.74. The summed E-state index contributed by atoms with van der Waals surface area (Å²) in [6.07, 6.45) is 9.06. The van der Waals surface area contributed by atoms with Gasteiger partial charge in [0.05, 0.1) is 6.04 Å². The molecule has 2 saturated carbocycles. The Morgan fingerprint density at radius 1 is 0.944 bits per heavy atom. The Kier molecular flexibility index (Phi) is 2.46. The third kappa shape index (κ3) is 1.48. The number of ether oxygens (including phenoxy) is 1. The molecule has 5 aliphatic rings. The van der Waals surface area contributed by atoms with Crippen molar-refractivity contribution in [2.75, 3.05) is 0 Å². The minimum Gasteiger partial charge on any atom is -0.461 e. The molecule has 2 aliphatic carbocycles. The van der Waals surface area contributed by atoms with E-state index in [9.17, 15) is 4.79 Å². The number of rotatable bonds is 1.